The highest BCUT2D eigenvalue weighted by Gasteiger charge is 2.08. The van der Waals surface area contributed by atoms with Crippen LogP contribution in [0.5, 0.6) is 0 Å². The van der Waals surface area contributed by atoms with E-state index in [0.717, 1.165) is 16.5 Å². The molecule has 3 nitrogen and oxygen atoms in total. The molecular formula is C10H12N2O. The van der Waals surface area contributed by atoms with E-state index >= 15 is 0 Å². The average Bonchev–Trinajstić information content (AvgIpc) is 2.33. The van der Waals surface area contributed by atoms with Crippen molar-refractivity contribution in [3.63, 3.8) is 0 Å². The molecule has 0 bridgehead atoms. The highest BCUT2D eigenvalue weighted by Crippen LogP contribution is 2.13. The Labute approximate surface area is 76.2 Å². The smallest absolute Gasteiger partial charge is 0.274 e. The Morgan fingerprint density at radius 3 is 2.46 bits per heavy atom. The predicted octanol–water partition coefficient (Wildman–Crippen LogP) is 1.19. The van der Waals surface area contributed by atoms with Gasteiger partial charge in [-0.25, -0.2) is 0 Å². The molecular weight excluding hydrogens is 164 g/mol. The van der Waals surface area contributed by atoms with Gasteiger partial charge < -0.3 is 0 Å². The molecule has 0 aliphatic rings. The Morgan fingerprint density at radius 1 is 1.15 bits per heavy atom. The van der Waals surface area contributed by atoms with E-state index in [1.54, 1.807) is 11.7 Å². The zero-order valence-electron chi connectivity index (χ0n) is 8.03. The molecule has 1 aromatic carbocycles. The minimum Gasteiger partial charge on any atom is -0.285 e. The van der Waals surface area contributed by atoms with Gasteiger partial charge in [0.2, 0.25) is 0 Å². The van der Waals surface area contributed by atoms with Gasteiger partial charge >= 0.3 is 0 Å². The predicted molar refractivity (Wildman–Crippen MR) is 52.9 cm³/mol. The maximum atomic E-state index is 11.7. The SMILES string of the molecule is Cc1cccc2c1c(=O)n(C)n2C. The Bertz CT molecular complexity index is 519. The molecule has 0 radical (unpaired) electrons. The van der Waals surface area contributed by atoms with Gasteiger partial charge in [0.15, 0.2) is 0 Å². The van der Waals surface area contributed by atoms with Gasteiger partial charge in [-0.2, -0.15) is 0 Å². The minimum absolute atomic E-state index is 0.0793. The van der Waals surface area contributed by atoms with E-state index in [0.29, 0.717) is 0 Å². The summed E-state index contributed by atoms with van der Waals surface area (Å²) in [5.74, 6) is 0. The van der Waals surface area contributed by atoms with E-state index in [1.165, 1.54) is 0 Å². The van der Waals surface area contributed by atoms with E-state index < -0.39 is 0 Å². The second-order valence-electron chi connectivity index (χ2n) is 3.32. The highest BCUT2D eigenvalue weighted by atomic mass is 16.1. The van der Waals surface area contributed by atoms with Crippen LogP contribution in [0.2, 0.25) is 0 Å². The lowest BCUT2D eigenvalue weighted by atomic mass is 10.1. The molecule has 0 N–H and O–H groups in total. The second-order valence-corrected chi connectivity index (χ2v) is 3.32. The molecule has 0 atom stereocenters. The Morgan fingerprint density at radius 2 is 1.85 bits per heavy atom. The second kappa shape index (κ2) is 2.49. The summed E-state index contributed by atoms with van der Waals surface area (Å²) < 4.78 is 3.49. The van der Waals surface area contributed by atoms with Crippen LogP contribution in [0.15, 0.2) is 23.0 Å². The van der Waals surface area contributed by atoms with Crippen molar-refractivity contribution in [2.24, 2.45) is 14.1 Å². The third-order valence-electron chi connectivity index (χ3n) is 2.56. The van der Waals surface area contributed by atoms with E-state index in [4.69, 9.17) is 0 Å². The molecule has 0 aliphatic carbocycles. The summed E-state index contributed by atoms with van der Waals surface area (Å²) in [4.78, 5) is 11.7. The fourth-order valence-corrected chi connectivity index (χ4v) is 1.66. The van der Waals surface area contributed by atoms with Crippen LogP contribution >= 0.6 is 0 Å². The van der Waals surface area contributed by atoms with Gasteiger partial charge in [-0.3, -0.25) is 14.2 Å². The summed E-state index contributed by atoms with van der Waals surface area (Å²) in [6.45, 7) is 1.96. The standard InChI is InChI=1S/C10H12N2O/c1-7-5-4-6-8-9(7)10(13)12(3)11(8)2/h4-6H,1-3H3. The first kappa shape index (κ1) is 8.10. The van der Waals surface area contributed by atoms with Crippen LogP contribution in [0, 0.1) is 6.92 Å². The van der Waals surface area contributed by atoms with Crippen molar-refractivity contribution < 1.29 is 0 Å². The van der Waals surface area contributed by atoms with Crippen molar-refractivity contribution in [1.29, 1.82) is 0 Å². The molecule has 13 heavy (non-hydrogen) atoms. The van der Waals surface area contributed by atoms with Gasteiger partial charge in [0, 0.05) is 14.1 Å². The molecule has 1 aromatic heterocycles. The van der Waals surface area contributed by atoms with Gasteiger partial charge in [-0.05, 0) is 18.6 Å². The number of hydrogen-bond acceptors (Lipinski definition) is 1. The van der Waals surface area contributed by atoms with Crippen molar-refractivity contribution in [3.8, 4) is 0 Å². The van der Waals surface area contributed by atoms with Crippen molar-refractivity contribution in [1.82, 2.24) is 9.36 Å². The van der Waals surface area contributed by atoms with Crippen LogP contribution in [0.1, 0.15) is 5.56 Å². The van der Waals surface area contributed by atoms with Crippen LogP contribution in [0.25, 0.3) is 10.9 Å². The molecule has 2 rings (SSSR count). The van der Waals surface area contributed by atoms with Gasteiger partial charge in [0.05, 0.1) is 10.9 Å². The maximum absolute atomic E-state index is 11.7. The van der Waals surface area contributed by atoms with Gasteiger partial charge in [-0.15, -0.1) is 0 Å². The fourth-order valence-electron chi connectivity index (χ4n) is 1.66. The van der Waals surface area contributed by atoms with Crippen LogP contribution < -0.4 is 5.56 Å². The Balaban J connectivity index is 3.12. The number of nitrogens with zero attached hydrogens (tertiary/aromatic N) is 2. The molecule has 0 saturated heterocycles. The van der Waals surface area contributed by atoms with Gasteiger partial charge in [-0.1, -0.05) is 12.1 Å². The molecule has 0 unspecified atom stereocenters. The Hall–Kier alpha value is -1.51. The summed E-state index contributed by atoms with van der Waals surface area (Å²) in [6.07, 6.45) is 0. The fraction of sp³-hybridized carbons (Fsp3) is 0.300. The molecule has 68 valence electrons. The quantitative estimate of drug-likeness (QED) is 0.592. The monoisotopic (exact) mass is 176 g/mol. The number of rotatable bonds is 0. The number of aryl methyl sites for hydroxylation is 2. The van der Waals surface area contributed by atoms with E-state index in [-0.39, 0.29) is 5.56 Å². The largest absolute Gasteiger partial charge is 0.285 e. The lowest BCUT2D eigenvalue weighted by molar-refractivity contribution is 0.595. The van der Waals surface area contributed by atoms with Crippen molar-refractivity contribution >= 4 is 10.9 Å². The molecule has 0 spiro atoms. The summed E-state index contributed by atoms with van der Waals surface area (Å²) in [5.41, 5.74) is 2.11. The highest BCUT2D eigenvalue weighted by molar-refractivity contribution is 5.81. The van der Waals surface area contributed by atoms with Crippen molar-refractivity contribution in [2.75, 3.05) is 0 Å². The van der Waals surface area contributed by atoms with Crippen LogP contribution in [0.4, 0.5) is 0 Å². The first-order valence-electron chi connectivity index (χ1n) is 4.24. The Kier molecular flexibility index (Phi) is 1.55. The lowest BCUT2D eigenvalue weighted by Gasteiger charge is -1.99. The van der Waals surface area contributed by atoms with E-state index in [1.807, 2.05) is 36.9 Å². The van der Waals surface area contributed by atoms with E-state index in [2.05, 4.69) is 0 Å². The van der Waals surface area contributed by atoms with Crippen LogP contribution in [-0.2, 0) is 14.1 Å². The maximum Gasteiger partial charge on any atom is 0.274 e. The summed E-state index contributed by atoms with van der Waals surface area (Å²) >= 11 is 0. The number of benzene rings is 1. The molecule has 0 amide bonds. The third-order valence-corrected chi connectivity index (χ3v) is 2.56. The first-order chi connectivity index (χ1) is 6.13. The van der Waals surface area contributed by atoms with Gasteiger partial charge in [0.25, 0.3) is 5.56 Å². The topological polar surface area (TPSA) is 26.9 Å². The molecule has 1 heterocycles. The van der Waals surface area contributed by atoms with Crippen LogP contribution in [-0.4, -0.2) is 9.36 Å². The summed E-state index contributed by atoms with van der Waals surface area (Å²) in [7, 11) is 3.67. The molecule has 2 aromatic rings. The van der Waals surface area contributed by atoms with Crippen molar-refractivity contribution in [2.45, 2.75) is 6.92 Å². The number of aromatic nitrogens is 2. The third kappa shape index (κ3) is 0.932. The summed E-state index contributed by atoms with van der Waals surface area (Å²) in [6, 6.07) is 5.89. The number of hydrogen-bond donors (Lipinski definition) is 0. The van der Waals surface area contributed by atoms with Gasteiger partial charge in [0.1, 0.15) is 0 Å². The molecule has 0 fully saturated rings. The normalized spacial score (nSPS) is 11.0. The first-order valence-corrected chi connectivity index (χ1v) is 4.24. The molecule has 3 heteroatoms. The lowest BCUT2D eigenvalue weighted by Crippen LogP contribution is -2.16. The average molecular weight is 176 g/mol. The minimum atomic E-state index is 0.0793. The zero-order chi connectivity index (χ0) is 9.59. The zero-order valence-corrected chi connectivity index (χ0v) is 8.03. The van der Waals surface area contributed by atoms with Crippen molar-refractivity contribution in [3.05, 3.63) is 34.1 Å². The molecule has 0 aliphatic heterocycles. The summed E-state index contributed by atoms with van der Waals surface area (Å²) in [5, 5.41) is 0.826. The molecule has 0 saturated carbocycles. The number of fused-ring (bicyclic) bond motifs is 1. The van der Waals surface area contributed by atoms with E-state index in [9.17, 15) is 4.79 Å². The van der Waals surface area contributed by atoms with Crippen LogP contribution in [0.3, 0.4) is 0 Å².